The van der Waals surface area contributed by atoms with Crippen molar-refractivity contribution in [3.05, 3.63) is 16.0 Å². The van der Waals surface area contributed by atoms with E-state index in [1.807, 2.05) is 19.3 Å². The average molecular weight is 319 g/mol. The van der Waals surface area contributed by atoms with Crippen LogP contribution in [0.4, 0.5) is 5.95 Å². The first-order valence-electron chi connectivity index (χ1n) is 5.02. The van der Waals surface area contributed by atoms with Crippen LogP contribution in [0.3, 0.4) is 0 Å². The van der Waals surface area contributed by atoms with Gasteiger partial charge in [0.1, 0.15) is 0 Å². The molecule has 15 heavy (non-hydrogen) atoms. The fourth-order valence-corrected chi connectivity index (χ4v) is 1.94. The number of nitrogens with zero attached hydrogens (tertiary/aromatic N) is 3. The van der Waals surface area contributed by atoms with Crippen LogP contribution >= 0.6 is 22.6 Å². The number of hydrogen-bond acceptors (Lipinski definition) is 4. The second kappa shape index (κ2) is 4.21. The summed E-state index contributed by atoms with van der Waals surface area (Å²) in [5.41, 5.74) is -0.514. The maximum atomic E-state index is 9.81. The second-order valence-corrected chi connectivity index (χ2v) is 5.43. The highest BCUT2D eigenvalue weighted by Gasteiger charge is 2.28. The minimum atomic E-state index is -0.514. The van der Waals surface area contributed by atoms with Crippen molar-refractivity contribution in [3.63, 3.8) is 0 Å². The molecule has 0 spiro atoms. The predicted molar refractivity (Wildman–Crippen MR) is 66.8 cm³/mol. The van der Waals surface area contributed by atoms with Gasteiger partial charge in [0.15, 0.2) is 0 Å². The smallest absolute Gasteiger partial charge is 0.225 e. The summed E-state index contributed by atoms with van der Waals surface area (Å²) < 4.78 is 1.04. The Kier molecular flexibility index (Phi) is 3.11. The Labute approximate surface area is 103 Å². The molecule has 1 aliphatic heterocycles. The molecule has 2 heterocycles. The summed E-state index contributed by atoms with van der Waals surface area (Å²) in [5, 5.41) is 9.81. The molecule has 0 radical (unpaired) electrons. The Bertz CT molecular complexity index is 329. The highest BCUT2D eigenvalue weighted by Crippen LogP contribution is 2.23. The summed E-state index contributed by atoms with van der Waals surface area (Å²) in [6, 6.07) is 0. The Morgan fingerprint density at radius 3 is 2.40 bits per heavy atom. The van der Waals surface area contributed by atoms with Gasteiger partial charge in [-0.25, -0.2) is 9.97 Å². The van der Waals surface area contributed by atoms with E-state index in [2.05, 4.69) is 37.5 Å². The molecular formula is C10H14IN3O. The van der Waals surface area contributed by atoms with Gasteiger partial charge in [-0.1, -0.05) is 0 Å². The molecule has 0 aromatic carbocycles. The van der Waals surface area contributed by atoms with E-state index in [0.717, 1.165) is 35.4 Å². The van der Waals surface area contributed by atoms with Gasteiger partial charge in [-0.15, -0.1) is 0 Å². The molecule has 5 heteroatoms. The quantitative estimate of drug-likeness (QED) is 0.796. The summed E-state index contributed by atoms with van der Waals surface area (Å²) in [5.74, 6) is 0.769. The number of halogens is 1. The number of anilines is 1. The van der Waals surface area contributed by atoms with Gasteiger partial charge in [-0.05, 0) is 42.4 Å². The molecule has 1 aliphatic rings. The minimum absolute atomic E-state index is 0.514. The highest BCUT2D eigenvalue weighted by atomic mass is 127. The van der Waals surface area contributed by atoms with Crippen LogP contribution in [-0.2, 0) is 0 Å². The average Bonchev–Trinajstić information content (AvgIpc) is 2.20. The van der Waals surface area contributed by atoms with E-state index in [9.17, 15) is 5.11 Å². The molecule has 0 bridgehead atoms. The third-order valence-electron chi connectivity index (χ3n) is 2.73. The van der Waals surface area contributed by atoms with Crippen molar-refractivity contribution in [2.45, 2.75) is 25.4 Å². The number of aliphatic hydroxyl groups is 1. The molecule has 1 fully saturated rings. The van der Waals surface area contributed by atoms with Crippen LogP contribution in [0.5, 0.6) is 0 Å². The molecule has 1 aromatic heterocycles. The zero-order chi connectivity index (χ0) is 10.9. The van der Waals surface area contributed by atoms with Crippen molar-refractivity contribution >= 4 is 28.5 Å². The lowest BCUT2D eigenvalue weighted by molar-refractivity contribution is 0.0349. The van der Waals surface area contributed by atoms with E-state index >= 15 is 0 Å². The summed E-state index contributed by atoms with van der Waals surface area (Å²) in [7, 11) is 0. The molecule has 2 rings (SSSR count). The van der Waals surface area contributed by atoms with Crippen LogP contribution < -0.4 is 4.90 Å². The third kappa shape index (κ3) is 2.78. The van der Waals surface area contributed by atoms with Crippen molar-refractivity contribution in [1.82, 2.24) is 9.97 Å². The van der Waals surface area contributed by atoms with Crippen molar-refractivity contribution in [3.8, 4) is 0 Å². The van der Waals surface area contributed by atoms with Gasteiger partial charge in [0.25, 0.3) is 0 Å². The van der Waals surface area contributed by atoms with E-state index in [-0.39, 0.29) is 0 Å². The number of aromatic nitrogens is 2. The molecule has 4 nitrogen and oxygen atoms in total. The SMILES string of the molecule is CC1(O)CCN(c2ncc(I)cn2)CC1. The largest absolute Gasteiger partial charge is 0.390 e. The van der Waals surface area contributed by atoms with Gasteiger partial charge in [0.2, 0.25) is 5.95 Å². The van der Waals surface area contributed by atoms with Crippen LogP contribution in [-0.4, -0.2) is 33.8 Å². The zero-order valence-corrected chi connectivity index (χ0v) is 10.8. The molecule has 82 valence electrons. The lowest BCUT2D eigenvalue weighted by Gasteiger charge is -2.35. The molecule has 1 aromatic rings. The van der Waals surface area contributed by atoms with Gasteiger partial charge in [-0.3, -0.25) is 0 Å². The Balaban J connectivity index is 2.04. The van der Waals surface area contributed by atoms with E-state index in [1.54, 1.807) is 0 Å². The van der Waals surface area contributed by atoms with Crippen LogP contribution in [0.25, 0.3) is 0 Å². The molecule has 0 saturated carbocycles. The monoisotopic (exact) mass is 319 g/mol. The van der Waals surface area contributed by atoms with E-state index in [1.165, 1.54) is 0 Å². The van der Waals surface area contributed by atoms with Crippen molar-refractivity contribution in [2.75, 3.05) is 18.0 Å². The van der Waals surface area contributed by atoms with Gasteiger partial charge in [0.05, 0.1) is 5.60 Å². The van der Waals surface area contributed by atoms with Crippen LogP contribution in [0, 0.1) is 3.57 Å². The topological polar surface area (TPSA) is 49.2 Å². The number of hydrogen-bond donors (Lipinski definition) is 1. The molecule has 1 saturated heterocycles. The summed E-state index contributed by atoms with van der Waals surface area (Å²) in [6.45, 7) is 3.54. The molecular weight excluding hydrogens is 305 g/mol. The third-order valence-corrected chi connectivity index (χ3v) is 3.29. The van der Waals surface area contributed by atoms with Gasteiger partial charge in [0, 0.05) is 29.1 Å². The summed E-state index contributed by atoms with van der Waals surface area (Å²) in [6.07, 6.45) is 5.19. The first-order valence-corrected chi connectivity index (χ1v) is 6.10. The summed E-state index contributed by atoms with van der Waals surface area (Å²) >= 11 is 2.19. The Hall–Kier alpha value is -0.430. The van der Waals surface area contributed by atoms with Crippen LogP contribution in [0.15, 0.2) is 12.4 Å². The van der Waals surface area contributed by atoms with Gasteiger partial charge in [-0.2, -0.15) is 0 Å². The number of piperidine rings is 1. The van der Waals surface area contributed by atoms with Crippen molar-refractivity contribution in [1.29, 1.82) is 0 Å². The first kappa shape index (κ1) is 11.1. The maximum Gasteiger partial charge on any atom is 0.225 e. The van der Waals surface area contributed by atoms with E-state index in [4.69, 9.17) is 0 Å². The second-order valence-electron chi connectivity index (χ2n) is 4.19. The van der Waals surface area contributed by atoms with Gasteiger partial charge < -0.3 is 10.0 Å². The fourth-order valence-electron chi connectivity index (χ4n) is 1.66. The molecule has 1 N–H and O–H groups in total. The van der Waals surface area contributed by atoms with Crippen molar-refractivity contribution in [2.24, 2.45) is 0 Å². The van der Waals surface area contributed by atoms with Crippen molar-refractivity contribution < 1.29 is 5.11 Å². The number of rotatable bonds is 1. The van der Waals surface area contributed by atoms with E-state index < -0.39 is 5.60 Å². The molecule has 0 amide bonds. The Morgan fingerprint density at radius 1 is 1.33 bits per heavy atom. The van der Waals surface area contributed by atoms with E-state index in [0.29, 0.717) is 0 Å². The molecule has 0 aliphatic carbocycles. The lowest BCUT2D eigenvalue weighted by Crippen LogP contribution is -2.43. The minimum Gasteiger partial charge on any atom is -0.390 e. The first-order chi connectivity index (χ1) is 7.07. The fraction of sp³-hybridized carbons (Fsp3) is 0.600. The maximum absolute atomic E-state index is 9.81. The Morgan fingerprint density at radius 2 is 1.87 bits per heavy atom. The normalized spacial score (nSPS) is 20.3. The van der Waals surface area contributed by atoms with Crippen LogP contribution in [0.2, 0.25) is 0 Å². The predicted octanol–water partition coefficient (Wildman–Crippen LogP) is 1.43. The highest BCUT2D eigenvalue weighted by molar-refractivity contribution is 14.1. The molecule has 0 unspecified atom stereocenters. The molecule has 0 atom stereocenters. The zero-order valence-electron chi connectivity index (χ0n) is 8.65. The lowest BCUT2D eigenvalue weighted by atomic mass is 9.94. The van der Waals surface area contributed by atoms with Crippen LogP contribution in [0.1, 0.15) is 19.8 Å². The summed E-state index contributed by atoms with van der Waals surface area (Å²) in [4.78, 5) is 10.7. The van der Waals surface area contributed by atoms with Gasteiger partial charge >= 0.3 is 0 Å². The standard InChI is InChI=1S/C10H14IN3O/c1-10(15)2-4-14(5-3-10)9-12-6-8(11)7-13-9/h6-7,15H,2-5H2,1H3.